The number of carbonyl (C=O) groups is 1. The van der Waals surface area contributed by atoms with Gasteiger partial charge in [-0.1, -0.05) is 0 Å². The predicted molar refractivity (Wildman–Crippen MR) is 84.1 cm³/mol. The third kappa shape index (κ3) is 2.88. The summed E-state index contributed by atoms with van der Waals surface area (Å²) >= 11 is 0. The number of carbonyl (C=O) groups excluding carboxylic acids is 1. The molecule has 0 aromatic carbocycles. The molecule has 2 aromatic rings. The van der Waals surface area contributed by atoms with Gasteiger partial charge >= 0.3 is 0 Å². The van der Waals surface area contributed by atoms with Gasteiger partial charge < -0.3 is 4.90 Å². The van der Waals surface area contributed by atoms with E-state index in [4.69, 9.17) is 0 Å². The molecule has 0 radical (unpaired) electrons. The standard InChI is InChI=1S/C17H18N4O2/c22-16-6-5-15(13-3-4-13)19-21(16)11-12-9-20(10-12)17(23)14-2-1-7-18-8-14/h1-2,5-8,12-13H,3-4,9-11H2. The van der Waals surface area contributed by atoms with Crippen LogP contribution in [0, 0.1) is 5.92 Å². The summed E-state index contributed by atoms with van der Waals surface area (Å²) in [6.07, 6.45) is 5.57. The Hall–Kier alpha value is -2.50. The van der Waals surface area contributed by atoms with Crippen molar-refractivity contribution in [3.8, 4) is 0 Å². The number of pyridine rings is 1. The number of aromatic nitrogens is 3. The highest BCUT2D eigenvalue weighted by atomic mass is 16.2. The summed E-state index contributed by atoms with van der Waals surface area (Å²) in [5.41, 5.74) is 1.57. The van der Waals surface area contributed by atoms with Gasteiger partial charge in [-0.25, -0.2) is 4.68 Å². The third-order valence-electron chi connectivity index (χ3n) is 4.47. The lowest BCUT2D eigenvalue weighted by molar-refractivity contribution is 0.0457. The predicted octanol–water partition coefficient (Wildman–Crippen LogP) is 1.29. The Kier molecular flexibility index (Phi) is 3.44. The second-order valence-electron chi connectivity index (χ2n) is 6.37. The van der Waals surface area contributed by atoms with Crippen molar-refractivity contribution < 1.29 is 4.79 Å². The van der Waals surface area contributed by atoms with Gasteiger partial charge in [-0.15, -0.1) is 0 Å². The first-order valence-corrected chi connectivity index (χ1v) is 7.98. The maximum atomic E-state index is 12.2. The Morgan fingerprint density at radius 1 is 1.22 bits per heavy atom. The molecule has 2 fully saturated rings. The van der Waals surface area contributed by atoms with Crippen LogP contribution in [0.5, 0.6) is 0 Å². The Morgan fingerprint density at radius 3 is 2.74 bits per heavy atom. The van der Waals surface area contributed by atoms with Crippen LogP contribution >= 0.6 is 0 Å². The fourth-order valence-electron chi connectivity index (χ4n) is 2.96. The van der Waals surface area contributed by atoms with Crippen LogP contribution in [0.1, 0.15) is 34.8 Å². The molecule has 0 unspecified atom stereocenters. The van der Waals surface area contributed by atoms with E-state index >= 15 is 0 Å². The van der Waals surface area contributed by atoms with Gasteiger partial charge in [-0.3, -0.25) is 14.6 Å². The van der Waals surface area contributed by atoms with Crippen LogP contribution in [-0.4, -0.2) is 38.7 Å². The number of rotatable bonds is 4. The summed E-state index contributed by atoms with van der Waals surface area (Å²) in [6, 6.07) is 6.98. The Balaban J connectivity index is 1.38. The monoisotopic (exact) mass is 310 g/mol. The lowest BCUT2D eigenvalue weighted by Gasteiger charge is -2.39. The molecule has 6 heteroatoms. The first kappa shape index (κ1) is 14.1. The normalized spacial score (nSPS) is 17.8. The molecule has 0 N–H and O–H groups in total. The molecule has 0 spiro atoms. The van der Waals surface area contributed by atoms with E-state index in [-0.39, 0.29) is 17.4 Å². The van der Waals surface area contributed by atoms with Crippen LogP contribution in [0.4, 0.5) is 0 Å². The highest BCUT2D eigenvalue weighted by Gasteiger charge is 2.32. The van der Waals surface area contributed by atoms with E-state index in [0.717, 1.165) is 5.69 Å². The molecule has 118 valence electrons. The van der Waals surface area contributed by atoms with Crippen LogP contribution < -0.4 is 5.56 Å². The third-order valence-corrected chi connectivity index (χ3v) is 4.47. The summed E-state index contributed by atoms with van der Waals surface area (Å²) in [5, 5.41) is 4.47. The minimum atomic E-state index is -0.0635. The molecule has 3 heterocycles. The topological polar surface area (TPSA) is 68.1 Å². The molecule has 1 aliphatic heterocycles. The molecule has 1 saturated heterocycles. The fourth-order valence-corrected chi connectivity index (χ4v) is 2.96. The van der Waals surface area contributed by atoms with Gasteiger partial charge in [0.25, 0.3) is 11.5 Å². The van der Waals surface area contributed by atoms with Crippen molar-refractivity contribution in [1.29, 1.82) is 0 Å². The first-order valence-electron chi connectivity index (χ1n) is 7.98. The summed E-state index contributed by atoms with van der Waals surface area (Å²) in [5.74, 6) is 0.823. The van der Waals surface area contributed by atoms with E-state index < -0.39 is 0 Å². The second kappa shape index (κ2) is 5.61. The number of nitrogens with zero attached hydrogens (tertiary/aromatic N) is 4. The molecule has 6 nitrogen and oxygen atoms in total. The largest absolute Gasteiger partial charge is 0.338 e. The average molecular weight is 310 g/mol. The van der Waals surface area contributed by atoms with E-state index in [1.54, 1.807) is 40.2 Å². The molecule has 1 amide bonds. The Labute approximate surface area is 133 Å². The van der Waals surface area contributed by atoms with E-state index in [1.807, 2.05) is 6.07 Å². The number of hydrogen-bond acceptors (Lipinski definition) is 4. The van der Waals surface area contributed by atoms with Crippen molar-refractivity contribution in [3.05, 3.63) is 58.3 Å². The minimum Gasteiger partial charge on any atom is -0.338 e. The van der Waals surface area contributed by atoms with E-state index in [9.17, 15) is 9.59 Å². The van der Waals surface area contributed by atoms with Crippen LogP contribution in [0.25, 0.3) is 0 Å². The molecule has 1 saturated carbocycles. The van der Waals surface area contributed by atoms with Crippen LogP contribution in [-0.2, 0) is 6.54 Å². The maximum Gasteiger partial charge on any atom is 0.266 e. The quantitative estimate of drug-likeness (QED) is 0.853. The molecule has 1 aliphatic carbocycles. The smallest absolute Gasteiger partial charge is 0.266 e. The maximum absolute atomic E-state index is 12.2. The van der Waals surface area contributed by atoms with Crippen molar-refractivity contribution in [2.75, 3.05) is 13.1 Å². The van der Waals surface area contributed by atoms with Gasteiger partial charge in [0, 0.05) is 43.4 Å². The van der Waals surface area contributed by atoms with Crippen LogP contribution in [0.3, 0.4) is 0 Å². The number of amides is 1. The van der Waals surface area contributed by atoms with Crippen molar-refractivity contribution in [3.63, 3.8) is 0 Å². The Bertz CT molecular complexity index is 777. The van der Waals surface area contributed by atoms with E-state index in [1.165, 1.54) is 12.8 Å². The summed E-state index contributed by atoms with van der Waals surface area (Å²) in [6.45, 7) is 1.90. The fraction of sp³-hybridized carbons (Fsp3) is 0.412. The molecule has 2 aliphatic rings. The molecule has 0 bridgehead atoms. The highest BCUT2D eigenvalue weighted by Crippen LogP contribution is 2.38. The number of likely N-dealkylation sites (tertiary alicyclic amines) is 1. The summed E-state index contributed by atoms with van der Waals surface area (Å²) in [7, 11) is 0. The molecule has 0 atom stereocenters. The zero-order chi connectivity index (χ0) is 15.8. The summed E-state index contributed by atoms with van der Waals surface area (Å²) < 4.78 is 1.56. The Morgan fingerprint density at radius 2 is 2.04 bits per heavy atom. The van der Waals surface area contributed by atoms with Gasteiger partial charge in [0.15, 0.2) is 0 Å². The second-order valence-corrected chi connectivity index (χ2v) is 6.37. The van der Waals surface area contributed by atoms with Gasteiger partial charge in [0.05, 0.1) is 17.8 Å². The lowest BCUT2D eigenvalue weighted by atomic mass is 9.99. The molecule has 4 rings (SSSR count). The van der Waals surface area contributed by atoms with Gasteiger partial charge in [-0.2, -0.15) is 5.10 Å². The van der Waals surface area contributed by atoms with E-state index in [0.29, 0.717) is 31.1 Å². The van der Waals surface area contributed by atoms with Gasteiger partial charge in [-0.05, 0) is 31.0 Å². The van der Waals surface area contributed by atoms with Gasteiger partial charge in [0.1, 0.15) is 0 Å². The van der Waals surface area contributed by atoms with E-state index in [2.05, 4.69) is 10.1 Å². The van der Waals surface area contributed by atoms with Crippen LogP contribution in [0.2, 0.25) is 0 Å². The van der Waals surface area contributed by atoms with Gasteiger partial charge in [0.2, 0.25) is 0 Å². The zero-order valence-electron chi connectivity index (χ0n) is 12.8. The average Bonchev–Trinajstić information content (AvgIpc) is 3.37. The summed E-state index contributed by atoms with van der Waals surface area (Å²) in [4.78, 5) is 29.9. The molecular weight excluding hydrogens is 292 g/mol. The van der Waals surface area contributed by atoms with Crippen LogP contribution in [0.15, 0.2) is 41.5 Å². The number of hydrogen-bond donors (Lipinski definition) is 0. The molecular formula is C17H18N4O2. The first-order chi connectivity index (χ1) is 11.2. The van der Waals surface area contributed by atoms with Crippen molar-refractivity contribution in [2.24, 2.45) is 5.92 Å². The lowest BCUT2D eigenvalue weighted by Crippen LogP contribution is -2.52. The molecule has 23 heavy (non-hydrogen) atoms. The van der Waals surface area contributed by atoms with Crippen molar-refractivity contribution >= 4 is 5.91 Å². The molecule has 2 aromatic heterocycles. The van der Waals surface area contributed by atoms with Crippen molar-refractivity contribution in [1.82, 2.24) is 19.7 Å². The SMILES string of the molecule is O=C(c1cccnc1)N1CC(Cn2nc(C3CC3)ccc2=O)C1. The minimum absolute atomic E-state index is 0.00128. The zero-order valence-corrected chi connectivity index (χ0v) is 12.8. The highest BCUT2D eigenvalue weighted by molar-refractivity contribution is 5.94. The van der Waals surface area contributed by atoms with Crippen molar-refractivity contribution in [2.45, 2.75) is 25.3 Å².